The van der Waals surface area contributed by atoms with Crippen LogP contribution < -0.4 is 0 Å². The van der Waals surface area contributed by atoms with E-state index in [1.54, 1.807) is 6.08 Å². The van der Waals surface area contributed by atoms with E-state index in [4.69, 9.17) is 0 Å². The molecule has 0 spiro atoms. The average molecular weight is 262 g/mol. The van der Waals surface area contributed by atoms with Gasteiger partial charge in [-0.15, -0.1) is 6.58 Å². The van der Waals surface area contributed by atoms with Gasteiger partial charge in [-0.25, -0.2) is 0 Å². The van der Waals surface area contributed by atoms with Crippen LogP contribution >= 0.6 is 0 Å². The van der Waals surface area contributed by atoms with Crippen molar-refractivity contribution in [2.24, 2.45) is 5.92 Å². The molecule has 0 heterocycles. The highest BCUT2D eigenvalue weighted by atomic mass is 16.5. The molecule has 1 atom stereocenters. The van der Waals surface area contributed by atoms with Crippen molar-refractivity contribution in [3.05, 3.63) is 48.0 Å². The van der Waals surface area contributed by atoms with Gasteiger partial charge in [0.05, 0.1) is 14.2 Å². The van der Waals surface area contributed by atoms with Crippen molar-refractivity contribution in [1.82, 2.24) is 0 Å². The first-order chi connectivity index (χ1) is 9.04. The first-order valence-electron chi connectivity index (χ1n) is 5.90. The van der Waals surface area contributed by atoms with Crippen LogP contribution in [0.4, 0.5) is 0 Å². The van der Waals surface area contributed by atoms with Gasteiger partial charge in [0.15, 0.2) is 5.92 Å². The van der Waals surface area contributed by atoms with Crippen molar-refractivity contribution in [2.45, 2.75) is 12.8 Å². The van der Waals surface area contributed by atoms with E-state index in [-0.39, 0.29) is 0 Å². The van der Waals surface area contributed by atoms with Crippen molar-refractivity contribution >= 4 is 11.9 Å². The van der Waals surface area contributed by atoms with Gasteiger partial charge >= 0.3 is 11.9 Å². The summed E-state index contributed by atoms with van der Waals surface area (Å²) >= 11 is 0. The zero-order valence-corrected chi connectivity index (χ0v) is 11.4. The molecule has 0 fully saturated rings. The molecule has 4 nitrogen and oxygen atoms in total. The molecule has 0 aromatic heterocycles. The summed E-state index contributed by atoms with van der Waals surface area (Å²) in [6.07, 6.45) is 1.56. The summed E-state index contributed by atoms with van der Waals surface area (Å²) in [6, 6.07) is 7.55. The molecule has 0 amide bonds. The summed E-state index contributed by atoms with van der Waals surface area (Å²) in [5.74, 6) is -2.76. The fourth-order valence-corrected chi connectivity index (χ4v) is 1.90. The molecule has 0 unspecified atom stereocenters. The number of hydrogen-bond donors (Lipinski definition) is 0. The minimum atomic E-state index is -1.03. The maximum absolute atomic E-state index is 11.8. The number of hydrogen-bond acceptors (Lipinski definition) is 4. The van der Waals surface area contributed by atoms with E-state index in [0.717, 1.165) is 11.1 Å². The summed E-state index contributed by atoms with van der Waals surface area (Å²) in [5, 5.41) is 0. The van der Waals surface area contributed by atoms with E-state index in [0.29, 0.717) is 0 Å². The van der Waals surface area contributed by atoms with Crippen LogP contribution in [0.15, 0.2) is 36.9 Å². The van der Waals surface area contributed by atoms with Gasteiger partial charge in [0.25, 0.3) is 0 Å². The number of benzene rings is 1. The van der Waals surface area contributed by atoms with Crippen LogP contribution in [0, 0.1) is 12.8 Å². The molecule has 0 saturated heterocycles. The lowest BCUT2D eigenvalue weighted by Gasteiger charge is -2.20. The van der Waals surface area contributed by atoms with Gasteiger partial charge in [0.2, 0.25) is 0 Å². The van der Waals surface area contributed by atoms with Crippen molar-refractivity contribution in [1.29, 1.82) is 0 Å². The summed E-state index contributed by atoms with van der Waals surface area (Å²) in [4.78, 5) is 23.6. The van der Waals surface area contributed by atoms with E-state index >= 15 is 0 Å². The van der Waals surface area contributed by atoms with Crippen LogP contribution in [-0.2, 0) is 19.1 Å². The van der Waals surface area contributed by atoms with Gasteiger partial charge in [-0.1, -0.05) is 35.9 Å². The topological polar surface area (TPSA) is 52.6 Å². The minimum Gasteiger partial charge on any atom is -0.468 e. The second-order valence-electron chi connectivity index (χ2n) is 4.20. The molecule has 0 aliphatic carbocycles. The third-order valence-electron chi connectivity index (χ3n) is 2.99. The number of carbonyl (C=O) groups excluding carboxylic acids is 2. The second kappa shape index (κ2) is 6.73. The molecule has 0 aliphatic heterocycles. The zero-order valence-electron chi connectivity index (χ0n) is 11.4. The highest BCUT2D eigenvalue weighted by Gasteiger charge is 2.36. The summed E-state index contributed by atoms with van der Waals surface area (Å²) in [5.41, 5.74) is 1.92. The van der Waals surface area contributed by atoms with Crippen LogP contribution in [0.25, 0.3) is 0 Å². The molecule has 0 N–H and O–H groups in total. The third kappa shape index (κ3) is 3.44. The normalized spacial score (nSPS) is 11.8. The predicted molar refractivity (Wildman–Crippen MR) is 71.6 cm³/mol. The highest BCUT2D eigenvalue weighted by Crippen LogP contribution is 2.28. The summed E-state index contributed by atoms with van der Waals surface area (Å²) < 4.78 is 9.35. The van der Waals surface area contributed by atoms with E-state index in [2.05, 4.69) is 16.1 Å². The Morgan fingerprint density at radius 2 is 1.58 bits per heavy atom. The number of esters is 2. The Labute approximate surface area is 113 Å². The van der Waals surface area contributed by atoms with Crippen LogP contribution in [0.1, 0.15) is 17.0 Å². The first-order valence-corrected chi connectivity index (χ1v) is 5.90. The SMILES string of the molecule is C=C[C@H](c1ccc(C)cc1)C(C(=O)OC)C(=O)OC. The predicted octanol–water partition coefficient (Wildman–Crippen LogP) is 2.23. The lowest BCUT2D eigenvalue weighted by Crippen LogP contribution is -2.31. The molecule has 19 heavy (non-hydrogen) atoms. The molecule has 1 aromatic carbocycles. The van der Waals surface area contributed by atoms with Crippen molar-refractivity contribution < 1.29 is 19.1 Å². The van der Waals surface area contributed by atoms with Crippen LogP contribution in [0.5, 0.6) is 0 Å². The van der Waals surface area contributed by atoms with E-state index in [9.17, 15) is 9.59 Å². The van der Waals surface area contributed by atoms with E-state index < -0.39 is 23.8 Å². The fourth-order valence-electron chi connectivity index (χ4n) is 1.90. The van der Waals surface area contributed by atoms with E-state index in [1.807, 2.05) is 31.2 Å². The highest BCUT2D eigenvalue weighted by molar-refractivity contribution is 5.96. The number of rotatable bonds is 5. The lowest BCUT2D eigenvalue weighted by molar-refractivity contribution is -0.159. The molecular formula is C15H18O4. The molecule has 0 radical (unpaired) electrons. The smallest absolute Gasteiger partial charge is 0.321 e. The van der Waals surface area contributed by atoms with Crippen LogP contribution in [0.3, 0.4) is 0 Å². The van der Waals surface area contributed by atoms with Crippen molar-refractivity contribution in [2.75, 3.05) is 14.2 Å². The summed E-state index contributed by atoms with van der Waals surface area (Å²) in [7, 11) is 2.49. The van der Waals surface area contributed by atoms with Gasteiger partial charge in [-0.2, -0.15) is 0 Å². The molecule has 1 rings (SSSR count). The molecular weight excluding hydrogens is 244 g/mol. The standard InChI is InChI=1S/C15H18O4/c1-5-12(11-8-6-10(2)7-9-11)13(14(16)18-3)15(17)19-4/h5-9,12-13H,1H2,2-4H3/t12-/m1/s1. The van der Waals surface area contributed by atoms with Gasteiger partial charge in [0, 0.05) is 5.92 Å². The molecule has 0 aliphatic rings. The Hall–Kier alpha value is -2.10. The van der Waals surface area contributed by atoms with Gasteiger partial charge in [0.1, 0.15) is 0 Å². The average Bonchev–Trinajstić information content (AvgIpc) is 2.44. The molecule has 0 bridgehead atoms. The molecule has 4 heteroatoms. The third-order valence-corrected chi connectivity index (χ3v) is 2.99. The van der Waals surface area contributed by atoms with Crippen molar-refractivity contribution in [3.63, 3.8) is 0 Å². The number of allylic oxidation sites excluding steroid dienone is 1. The minimum absolute atomic E-state index is 0.472. The molecule has 0 saturated carbocycles. The first kappa shape index (κ1) is 15.0. The summed E-state index contributed by atoms with van der Waals surface area (Å²) in [6.45, 7) is 5.66. The zero-order chi connectivity index (χ0) is 14.4. The number of carbonyl (C=O) groups is 2. The largest absolute Gasteiger partial charge is 0.468 e. The Morgan fingerprint density at radius 3 is 1.95 bits per heavy atom. The molecule has 102 valence electrons. The number of ether oxygens (including phenoxy) is 2. The van der Waals surface area contributed by atoms with E-state index in [1.165, 1.54) is 14.2 Å². The maximum atomic E-state index is 11.8. The Kier molecular flexibility index (Phi) is 5.30. The lowest BCUT2D eigenvalue weighted by atomic mass is 9.85. The number of methoxy groups -OCH3 is 2. The monoisotopic (exact) mass is 262 g/mol. The Morgan fingerprint density at radius 1 is 1.11 bits per heavy atom. The fraction of sp³-hybridized carbons (Fsp3) is 0.333. The quantitative estimate of drug-likeness (QED) is 0.464. The Balaban J connectivity index is 3.16. The van der Waals surface area contributed by atoms with Crippen molar-refractivity contribution in [3.8, 4) is 0 Å². The molecule has 1 aromatic rings. The van der Waals surface area contributed by atoms with Gasteiger partial charge in [-0.05, 0) is 12.5 Å². The van der Waals surface area contributed by atoms with Gasteiger partial charge in [-0.3, -0.25) is 9.59 Å². The van der Waals surface area contributed by atoms with Crippen LogP contribution in [-0.4, -0.2) is 26.2 Å². The van der Waals surface area contributed by atoms with Gasteiger partial charge < -0.3 is 9.47 Å². The maximum Gasteiger partial charge on any atom is 0.321 e. The second-order valence-corrected chi connectivity index (χ2v) is 4.20. The Bertz CT molecular complexity index is 446. The van der Waals surface area contributed by atoms with Crippen LogP contribution in [0.2, 0.25) is 0 Å². The number of aryl methyl sites for hydroxylation is 1.